The Labute approximate surface area is 170 Å². The summed E-state index contributed by atoms with van der Waals surface area (Å²) >= 11 is 0. The van der Waals surface area contributed by atoms with Crippen molar-refractivity contribution in [1.82, 2.24) is 10.0 Å². The van der Waals surface area contributed by atoms with Gasteiger partial charge in [-0.2, -0.15) is 0 Å². The fraction of sp³-hybridized carbons (Fsp3) is 0.190. The molecule has 0 spiro atoms. The molecule has 2 aromatic rings. The van der Waals surface area contributed by atoms with Gasteiger partial charge in [-0.1, -0.05) is 31.4 Å². The van der Waals surface area contributed by atoms with Gasteiger partial charge in [-0.3, -0.25) is 0 Å². The molecule has 0 saturated carbocycles. The van der Waals surface area contributed by atoms with Gasteiger partial charge in [0.2, 0.25) is 0 Å². The van der Waals surface area contributed by atoms with E-state index in [0.29, 0.717) is 11.3 Å². The number of carbonyl (C=O) groups excluding carboxylic acids is 1. The molecule has 0 aliphatic rings. The molecular weight excluding hydrogens is 395 g/mol. The molecular formula is C21H23FN2O4S. The first-order valence-electron chi connectivity index (χ1n) is 8.65. The normalized spacial score (nSPS) is 11.4. The van der Waals surface area contributed by atoms with Crippen LogP contribution in [0.1, 0.15) is 26.3 Å². The topological polar surface area (TPSA) is 84.5 Å². The lowest BCUT2D eigenvalue weighted by Gasteiger charge is -2.21. The molecule has 6 nitrogen and oxygen atoms in total. The van der Waals surface area contributed by atoms with Crippen LogP contribution in [0.3, 0.4) is 0 Å². The van der Waals surface area contributed by atoms with Gasteiger partial charge in [-0.15, -0.1) is 0 Å². The summed E-state index contributed by atoms with van der Waals surface area (Å²) in [6.45, 7) is 12.6. The maximum Gasteiger partial charge on any atom is 0.329 e. The zero-order valence-corrected chi connectivity index (χ0v) is 17.3. The van der Waals surface area contributed by atoms with Crippen LogP contribution in [0.25, 0.3) is 5.57 Å². The number of amides is 2. The summed E-state index contributed by atoms with van der Waals surface area (Å²) in [5.41, 5.74) is 0.726. The first-order valence-corrected chi connectivity index (χ1v) is 10.1. The van der Waals surface area contributed by atoms with Crippen LogP contribution in [0, 0.1) is 5.82 Å². The molecule has 0 aliphatic carbocycles. The van der Waals surface area contributed by atoms with Gasteiger partial charge in [0.25, 0.3) is 10.0 Å². The number of sulfonamides is 1. The summed E-state index contributed by atoms with van der Waals surface area (Å²) in [5, 5.41) is 2.47. The molecule has 2 N–H and O–H groups in total. The molecule has 8 heteroatoms. The van der Waals surface area contributed by atoms with Crippen molar-refractivity contribution in [1.29, 1.82) is 0 Å². The SMILES string of the molecule is C=CC(=C)c1cccc(Oc2ccc(F)cc2S(=O)(=O)NC(=O)NC(C)(C)C)c1. The molecule has 0 saturated heterocycles. The second-order valence-electron chi connectivity index (χ2n) is 7.26. The second-order valence-corrected chi connectivity index (χ2v) is 8.91. The number of urea groups is 1. The van der Waals surface area contributed by atoms with E-state index in [-0.39, 0.29) is 5.75 Å². The number of ether oxygens (including phenoxy) is 1. The number of hydrogen-bond acceptors (Lipinski definition) is 4. The minimum atomic E-state index is -4.40. The summed E-state index contributed by atoms with van der Waals surface area (Å²) in [7, 11) is -4.40. The van der Waals surface area contributed by atoms with Crippen molar-refractivity contribution >= 4 is 21.6 Å². The smallest absolute Gasteiger partial charge is 0.329 e. The summed E-state index contributed by atoms with van der Waals surface area (Å²) in [5.74, 6) is -0.612. The lowest BCUT2D eigenvalue weighted by molar-refractivity contribution is 0.237. The van der Waals surface area contributed by atoms with Gasteiger partial charge in [-0.25, -0.2) is 22.3 Å². The minimum Gasteiger partial charge on any atom is -0.456 e. The van der Waals surface area contributed by atoms with E-state index in [1.54, 1.807) is 51.1 Å². The van der Waals surface area contributed by atoms with Crippen molar-refractivity contribution in [3.63, 3.8) is 0 Å². The highest BCUT2D eigenvalue weighted by molar-refractivity contribution is 7.90. The van der Waals surface area contributed by atoms with Crippen LogP contribution < -0.4 is 14.8 Å². The number of halogens is 1. The highest BCUT2D eigenvalue weighted by atomic mass is 32.2. The van der Waals surface area contributed by atoms with Crippen molar-refractivity contribution in [2.24, 2.45) is 0 Å². The Kier molecular flexibility index (Phi) is 6.48. The Morgan fingerprint density at radius 2 is 1.86 bits per heavy atom. The Bertz CT molecular complexity index is 1060. The lowest BCUT2D eigenvalue weighted by Crippen LogP contribution is -2.48. The van der Waals surface area contributed by atoms with Crippen molar-refractivity contribution in [3.8, 4) is 11.5 Å². The Morgan fingerprint density at radius 1 is 1.17 bits per heavy atom. The monoisotopic (exact) mass is 418 g/mol. The molecule has 154 valence electrons. The third kappa shape index (κ3) is 6.18. The van der Waals surface area contributed by atoms with Gasteiger partial charge in [-0.05, 0) is 62.2 Å². The minimum absolute atomic E-state index is 0.135. The van der Waals surface area contributed by atoms with Crippen molar-refractivity contribution in [2.45, 2.75) is 31.2 Å². The average molecular weight is 418 g/mol. The maximum atomic E-state index is 13.8. The molecule has 0 unspecified atom stereocenters. The fourth-order valence-electron chi connectivity index (χ4n) is 2.32. The standard InChI is InChI=1S/C21H23FN2O4S/c1-6-14(2)15-8-7-9-17(12-15)28-18-11-10-16(22)13-19(18)29(26,27)24-20(25)23-21(3,4)5/h6-13H,1-2H2,3-5H3,(H2,23,24,25). The van der Waals surface area contributed by atoms with Crippen LogP contribution in [0.15, 0.2) is 66.6 Å². The molecule has 0 heterocycles. The number of carbonyl (C=O) groups is 1. The maximum absolute atomic E-state index is 13.8. The van der Waals surface area contributed by atoms with E-state index >= 15 is 0 Å². The van der Waals surface area contributed by atoms with Crippen LogP contribution in [0.4, 0.5) is 9.18 Å². The van der Waals surface area contributed by atoms with E-state index in [9.17, 15) is 17.6 Å². The van der Waals surface area contributed by atoms with Crippen LogP contribution in [0.5, 0.6) is 11.5 Å². The molecule has 2 amide bonds. The highest BCUT2D eigenvalue weighted by Crippen LogP contribution is 2.31. The molecule has 0 fully saturated rings. The molecule has 0 aliphatic heterocycles. The summed E-state index contributed by atoms with van der Waals surface area (Å²) < 4.78 is 46.6. The zero-order chi connectivity index (χ0) is 21.8. The fourth-order valence-corrected chi connectivity index (χ4v) is 3.37. The van der Waals surface area contributed by atoms with Gasteiger partial charge >= 0.3 is 6.03 Å². The van der Waals surface area contributed by atoms with Gasteiger partial charge in [0.15, 0.2) is 0 Å². The average Bonchev–Trinajstić information content (AvgIpc) is 2.60. The van der Waals surface area contributed by atoms with Gasteiger partial charge in [0.1, 0.15) is 22.2 Å². The number of allylic oxidation sites excluding steroid dienone is 2. The first-order chi connectivity index (χ1) is 13.4. The van der Waals surface area contributed by atoms with Crippen molar-refractivity contribution in [3.05, 3.63) is 73.1 Å². The van der Waals surface area contributed by atoms with E-state index < -0.39 is 32.3 Å². The van der Waals surface area contributed by atoms with Crippen LogP contribution in [-0.2, 0) is 10.0 Å². The highest BCUT2D eigenvalue weighted by Gasteiger charge is 2.25. The molecule has 2 aromatic carbocycles. The third-order valence-electron chi connectivity index (χ3n) is 3.59. The summed E-state index contributed by atoms with van der Waals surface area (Å²) in [4.78, 5) is 11.5. The molecule has 0 aromatic heterocycles. The molecule has 0 radical (unpaired) electrons. The third-order valence-corrected chi connectivity index (χ3v) is 4.94. The Hall–Kier alpha value is -3.13. The van der Waals surface area contributed by atoms with Crippen molar-refractivity contribution in [2.75, 3.05) is 0 Å². The van der Waals surface area contributed by atoms with E-state index in [1.165, 1.54) is 6.07 Å². The Balaban J connectivity index is 2.38. The van der Waals surface area contributed by atoms with Gasteiger partial charge in [0.05, 0.1) is 0 Å². The van der Waals surface area contributed by atoms with E-state index in [4.69, 9.17) is 4.74 Å². The first kappa shape index (κ1) is 22.2. The van der Waals surface area contributed by atoms with Gasteiger partial charge in [0, 0.05) is 5.54 Å². The van der Waals surface area contributed by atoms with E-state index in [0.717, 1.165) is 17.7 Å². The number of hydrogen-bond donors (Lipinski definition) is 2. The molecule has 2 rings (SSSR count). The molecule has 29 heavy (non-hydrogen) atoms. The summed E-state index contributed by atoms with van der Waals surface area (Å²) in [6, 6.07) is 8.84. The lowest BCUT2D eigenvalue weighted by atomic mass is 10.1. The molecule has 0 bridgehead atoms. The second kappa shape index (κ2) is 8.48. The zero-order valence-electron chi connectivity index (χ0n) is 16.5. The molecule has 0 atom stereocenters. The number of rotatable bonds is 6. The van der Waals surface area contributed by atoms with Gasteiger partial charge < -0.3 is 10.1 Å². The van der Waals surface area contributed by atoms with Crippen LogP contribution >= 0.6 is 0 Å². The van der Waals surface area contributed by atoms with Crippen molar-refractivity contribution < 1.29 is 22.3 Å². The predicted octanol–water partition coefficient (Wildman–Crippen LogP) is 4.60. The number of benzene rings is 2. The predicted molar refractivity (Wildman–Crippen MR) is 111 cm³/mol. The summed E-state index contributed by atoms with van der Waals surface area (Å²) in [6.07, 6.45) is 1.57. The van der Waals surface area contributed by atoms with Crippen LogP contribution in [-0.4, -0.2) is 20.0 Å². The quantitative estimate of drug-likeness (QED) is 0.672. The largest absolute Gasteiger partial charge is 0.456 e. The van der Waals surface area contributed by atoms with Crippen LogP contribution in [0.2, 0.25) is 0 Å². The van der Waals surface area contributed by atoms with E-state index in [1.807, 2.05) is 4.72 Å². The van der Waals surface area contributed by atoms with E-state index in [2.05, 4.69) is 18.5 Å². The Morgan fingerprint density at radius 3 is 2.48 bits per heavy atom. The number of nitrogens with one attached hydrogen (secondary N) is 2.